The molecule has 7 rings (SSSR count). The van der Waals surface area contributed by atoms with Gasteiger partial charge in [0.05, 0.1) is 11.4 Å². The third-order valence-corrected chi connectivity index (χ3v) is 8.91. The topological polar surface area (TPSA) is 6.48 Å². The van der Waals surface area contributed by atoms with E-state index in [-0.39, 0.29) is 0 Å². The molecular formula is C45H38N2. The highest BCUT2D eigenvalue weighted by atomic mass is 15.1. The van der Waals surface area contributed by atoms with Gasteiger partial charge in [-0.3, -0.25) is 0 Å². The number of allylic oxidation sites excluding steroid dienone is 2. The first-order valence-corrected chi connectivity index (χ1v) is 16.2. The Hall–Kier alpha value is -5.86. The Morgan fingerprint density at radius 2 is 1.21 bits per heavy atom. The summed E-state index contributed by atoms with van der Waals surface area (Å²) in [7, 11) is 2.18. The second-order valence-electron chi connectivity index (χ2n) is 11.8. The zero-order valence-electron chi connectivity index (χ0n) is 27.0. The molecule has 0 aliphatic heterocycles. The van der Waals surface area contributed by atoms with Crippen molar-refractivity contribution in [1.29, 1.82) is 0 Å². The number of nitrogens with zero attached hydrogens (tertiary/aromatic N) is 2. The highest BCUT2D eigenvalue weighted by Gasteiger charge is 2.19. The summed E-state index contributed by atoms with van der Waals surface area (Å²) in [5.74, 6) is 0. The highest BCUT2D eigenvalue weighted by Crippen LogP contribution is 2.42. The van der Waals surface area contributed by atoms with Crippen molar-refractivity contribution in [2.75, 3.05) is 16.8 Å². The van der Waals surface area contributed by atoms with E-state index in [0.29, 0.717) is 0 Å². The third kappa shape index (κ3) is 5.82. The van der Waals surface area contributed by atoms with Crippen molar-refractivity contribution in [3.05, 3.63) is 182 Å². The summed E-state index contributed by atoms with van der Waals surface area (Å²) in [6, 6.07) is 54.5. The van der Waals surface area contributed by atoms with Gasteiger partial charge in [0.2, 0.25) is 0 Å². The van der Waals surface area contributed by atoms with Gasteiger partial charge in [-0.25, -0.2) is 0 Å². The van der Waals surface area contributed by atoms with Crippen LogP contribution in [0.1, 0.15) is 18.1 Å². The third-order valence-electron chi connectivity index (χ3n) is 8.91. The molecule has 7 aromatic rings. The molecule has 2 heteroatoms. The molecule has 0 saturated carbocycles. The Kier molecular flexibility index (Phi) is 8.41. The second-order valence-corrected chi connectivity index (χ2v) is 11.8. The van der Waals surface area contributed by atoms with Crippen LogP contribution in [-0.2, 0) is 6.42 Å². The molecule has 0 spiro atoms. The zero-order valence-corrected chi connectivity index (χ0v) is 27.0. The molecule has 0 unspecified atom stereocenters. The van der Waals surface area contributed by atoms with Crippen LogP contribution in [0, 0.1) is 0 Å². The van der Waals surface area contributed by atoms with Gasteiger partial charge >= 0.3 is 0 Å². The number of benzene rings is 7. The van der Waals surface area contributed by atoms with Crippen molar-refractivity contribution in [2.45, 2.75) is 13.3 Å². The van der Waals surface area contributed by atoms with Gasteiger partial charge in [0.25, 0.3) is 0 Å². The van der Waals surface area contributed by atoms with Crippen molar-refractivity contribution < 1.29 is 0 Å². The Morgan fingerprint density at radius 3 is 1.98 bits per heavy atom. The van der Waals surface area contributed by atoms with Crippen LogP contribution in [0.4, 0.5) is 28.4 Å². The predicted molar refractivity (Wildman–Crippen MR) is 205 cm³/mol. The normalized spacial score (nSPS) is 11.3. The van der Waals surface area contributed by atoms with E-state index in [9.17, 15) is 0 Å². The molecule has 0 fully saturated rings. The van der Waals surface area contributed by atoms with E-state index >= 15 is 0 Å². The minimum Gasteiger partial charge on any atom is -0.344 e. The molecule has 0 radical (unpaired) electrons. The number of anilines is 5. The molecule has 228 valence electrons. The first kappa shape index (κ1) is 29.8. The summed E-state index contributed by atoms with van der Waals surface area (Å²) in [6.45, 7) is 6.17. The fraction of sp³-hybridized carbons (Fsp3) is 0.0667. The minimum absolute atomic E-state index is 0.787. The van der Waals surface area contributed by atoms with Crippen LogP contribution in [-0.4, -0.2) is 7.05 Å². The molecule has 0 aliphatic rings. The van der Waals surface area contributed by atoms with Crippen molar-refractivity contribution >= 4 is 56.1 Å². The lowest BCUT2D eigenvalue weighted by Gasteiger charge is -2.29. The quantitative estimate of drug-likeness (QED) is 0.151. The smallest absolute Gasteiger partial charge is 0.0540 e. The average molecular weight is 607 g/mol. The van der Waals surface area contributed by atoms with Gasteiger partial charge in [-0.05, 0) is 94.9 Å². The molecular weight excluding hydrogens is 569 g/mol. The zero-order chi connectivity index (χ0) is 32.2. The molecule has 0 atom stereocenters. The lowest BCUT2D eigenvalue weighted by Crippen LogP contribution is -2.14. The molecule has 2 nitrogen and oxygen atoms in total. The standard InChI is InChI=1S/C45H38N2/c1-4-15-36-31-37-20-10-12-25-43(37)45(42(36)16-5-2)46(3)38-27-29-39(30-28-38)47(44-26-14-21-34-19-9-11-24-41(34)44)40-23-13-22-35(32-40)33-17-7-6-8-18-33/h4-15,17-32H,2,16H2,1,3H3/b15-4-. The predicted octanol–water partition coefficient (Wildman–Crippen LogP) is 12.7. The SMILES string of the molecule is C=CCc1c(/C=C\C)cc2ccccc2c1N(C)c1ccc(N(c2cccc(-c3ccccc3)c2)c2cccc3ccccc23)cc1. The summed E-state index contributed by atoms with van der Waals surface area (Å²) in [5, 5.41) is 4.89. The number of fused-ring (bicyclic) bond motifs is 2. The maximum atomic E-state index is 4.10. The van der Waals surface area contributed by atoms with Gasteiger partial charge in [0.15, 0.2) is 0 Å². The summed E-state index contributed by atoms with van der Waals surface area (Å²) in [4.78, 5) is 4.71. The molecule has 7 aromatic carbocycles. The van der Waals surface area contributed by atoms with E-state index in [0.717, 1.165) is 29.2 Å². The Labute approximate surface area is 278 Å². The van der Waals surface area contributed by atoms with Crippen molar-refractivity contribution in [2.24, 2.45) is 0 Å². The van der Waals surface area contributed by atoms with E-state index in [2.05, 4.69) is 194 Å². The summed E-state index contributed by atoms with van der Waals surface area (Å²) >= 11 is 0. The molecule has 0 amide bonds. The van der Waals surface area contributed by atoms with Gasteiger partial charge in [0, 0.05) is 34.9 Å². The van der Waals surface area contributed by atoms with Crippen LogP contribution < -0.4 is 9.80 Å². The summed E-state index contributed by atoms with van der Waals surface area (Å²) < 4.78 is 0. The summed E-state index contributed by atoms with van der Waals surface area (Å²) in [5.41, 5.74) is 10.6. The highest BCUT2D eigenvalue weighted by molar-refractivity contribution is 6.01. The fourth-order valence-electron chi connectivity index (χ4n) is 6.70. The molecule has 0 bridgehead atoms. The van der Waals surface area contributed by atoms with Crippen LogP contribution >= 0.6 is 0 Å². The van der Waals surface area contributed by atoms with E-state index in [1.165, 1.54) is 49.5 Å². The van der Waals surface area contributed by atoms with E-state index in [1.54, 1.807) is 0 Å². The Balaban J connectivity index is 1.36. The van der Waals surface area contributed by atoms with Gasteiger partial charge in [-0.2, -0.15) is 0 Å². The number of hydrogen-bond acceptors (Lipinski definition) is 2. The minimum atomic E-state index is 0.787. The Bertz CT molecular complexity index is 2210. The van der Waals surface area contributed by atoms with Crippen LogP contribution in [0.15, 0.2) is 170 Å². The Morgan fingerprint density at radius 1 is 0.574 bits per heavy atom. The van der Waals surface area contributed by atoms with Gasteiger partial charge in [-0.1, -0.05) is 121 Å². The van der Waals surface area contributed by atoms with Crippen molar-refractivity contribution in [3.63, 3.8) is 0 Å². The van der Waals surface area contributed by atoms with E-state index < -0.39 is 0 Å². The average Bonchev–Trinajstić information content (AvgIpc) is 3.13. The second kappa shape index (κ2) is 13.2. The van der Waals surface area contributed by atoms with Gasteiger partial charge in [-0.15, -0.1) is 6.58 Å². The summed E-state index contributed by atoms with van der Waals surface area (Å²) in [6.07, 6.45) is 7.11. The molecule has 47 heavy (non-hydrogen) atoms. The molecule has 0 aromatic heterocycles. The first-order chi connectivity index (χ1) is 23.2. The lowest BCUT2D eigenvalue weighted by molar-refractivity contribution is 1.16. The molecule has 0 saturated heterocycles. The molecule has 0 aliphatic carbocycles. The number of hydrogen-bond donors (Lipinski definition) is 0. The van der Waals surface area contributed by atoms with Crippen LogP contribution in [0.25, 0.3) is 38.7 Å². The van der Waals surface area contributed by atoms with E-state index in [4.69, 9.17) is 0 Å². The van der Waals surface area contributed by atoms with Gasteiger partial charge < -0.3 is 9.80 Å². The number of rotatable bonds is 9. The lowest BCUT2D eigenvalue weighted by atomic mass is 9.94. The van der Waals surface area contributed by atoms with Crippen LogP contribution in [0.2, 0.25) is 0 Å². The molecule has 0 heterocycles. The maximum absolute atomic E-state index is 4.10. The largest absolute Gasteiger partial charge is 0.344 e. The first-order valence-electron chi connectivity index (χ1n) is 16.2. The molecule has 0 N–H and O–H groups in total. The van der Waals surface area contributed by atoms with Crippen molar-refractivity contribution in [1.82, 2.24) is 0 Å². The fourth-order valence-corrected chi connectivity index (χ4v) is 6.70. The van der Waals surface area contributed by atoms with Crippen LogP contribution in [0.3, 0.4) is 0 Å². The monoisotopic (exact) mass is 606 g/mol. The van der Waals surface area contributed by atoms with Crippen LogP contribution in [0.5, 0.6) is 0 Å². The maximum Gasteiger partial charge on any atom is 0.0540 e. The van der Waals surface area contributed by atoms with E-state index in [1.807, 2.05) is 6.08 Å². The van der Waals surface area contributed by atoms with Crippen molar-refractivity contribution in [3.8, 4) is 11.1 Å². The van der Waals surface area contributed by atoms with Gasteiger partial charge in [0.1, 0.15) is 0 Å².